The Kier molecular flexibility index (Phi) is 5.30. The van der Waals surface area contributed by atoms with Crippen LogP contribution >= 0.6 is 0 Å². The Bertz CT molecular complexity index is 668. The predicted molar refractivity (Wildman–Crippen MR) is 94.6 cm³/mol. The lowest BCUT2D eigenvalue weighted by Crippen LogP contribution is -2.42. The molecule has 0 aliphatic heterocycles. The van der Waals surface area contributed by atoms with Crippen molar-refractivity contribution in [1.29, 1.82) is 0 Å². The number of fused-ring (bicyclic) bond motifs is 1. The number of carbonyl (C=O) groups excluding carboxylic acids is 1. The molecule has 3 rings (SSSR count). The Morgan fingerprint density at radius 1 is 1.42 bits per heavy atom. The normalized spacial score (nSPS) is 18.0. The van der Waals surface area contributed by atoms with Crippen molar-refractivity contribution in [2.75, 3.05) is 13.6 Å². The fourth-order valence-corrected chi connectivity index (χ4v) is 3.44. The van der Waals surface area contributed by atoms with Crippen molar-refractivity contribution in [3.63, 3.8) is 0 Å². The van der Waals surface area contributed by atoms with Gasteiger partial charge in [-0.3, -0.25) is 9.48 Å². The monoisotopic (exact) mass is 326 g/mol. The topological polar surface area (TPSA) is 50.2 Å². The molecule has 5 nitrogen and oxygen atoms in total. The molecule has 0 spiro atoms. The molecule has 1 heterocycles. The first-order chi connectivity index (χ1) is 11.6. The van der Waals surface area contributed by atoms with Gasteiger partial charge in [-0.1, -0.05) is 24.3 Å². The van der Waals surface area contributed by atoms with Gasteiger partial charge in [0.05, 0.1) is 19.1 Å². The van der Waals surface area contributed by atoms with E-state index in [-0.39, 0.29) is 18.0 Å². The highest BCUT2D eigenvalue weighted by Crippen LogP contribution is 2.33. The van der Waals surface area contributed by atoms with Crippen LogP contribution in [-0.4, -0.2) is 40.2 Å². The average Bonchev–Trinajstić information content (AvgIpc) is 3.11. The third kappa shape index (κ3) is 3.85. The van der Waals surface area contributed by atoms with Crippen molar-refractivity contribution in [1.82, 2.24) is 20.0 Å². The minimum absolute atomic E-state index is 0.143. The minimum atomic E-state index is 0.143. The van der Waals surface area contributed by atoms with Crippen molar-refractivity contribution in [2.24, 2.45) is 0 Å². The Morgan fingerprint density at radius 2 is 2.25 bits per heavy atom. The van der Waals surface area contributed by atoms with Gasteiger partial charge in [0.2, 0.25) is 5.91 Å². The first kappa shape index (κ1) is 16.7. The van der Waals surface area contributed by atoms with E-state index in [1.54, 1.807) is 6.20 Å². The molecule has 1 N–H and O–H groups in total. The summed E-state index contributed by atoms with van der Waals surface area (Å²) < 4.78 is 1.88. The molecule has 5 heteroatoms. The summed E-state index contributed by atoms with van der Waals surface area (Å²) in [4.78, 5) is 14.5. The van der Waals surface area contributed by atoms with Gasteiger partial charge in [0.25, 0.3) is 0 Å². The van der Waals surface area contributed by atoms with Crippen LogP contribution in [0.1, 0.15) is 36.9 Å². The lowest BCUT2D eigenvalue weighted by Gasteiger charge is -2.33. The van der Waals surface area contributed by atoms with Crippen LogP contribution in [0.15, 0.2) is 42.7 Å². The first-order valence-electron chi connectivity index (χ1n) is 8.69. The zero-order valence-electron chi connectivity index (χ0n) is 14.5. The molecule has 1 aliphatic carbocycles. The Labute approximate surface area is 143 Å². The van der Waals surface area contributed by atoms with Crippen LogP contribution in [-0.2, 0) is 17.8 Å². The molecule has 0 saturated heterocycles. The second-order valence-corrected chi connectivity index (χ2v) is 6.62. The number of nitrogens with one attached hydrogen (secondary N) is 1. The van der Waals surface area contributed by atoms with Crippen LogP contribution in [0.5, 0.6) is 0 Å². The molecule has 2 unspecified atom stereocenters. The van der Waals surface area contributed by atoms with Crippen LogP contribution in [0.25, 0.3) is 0 Å². The van der Waals surface area contributed by atoms with E-state index in [0.717, 1.165) is 25.8 Å². The van der Waals surface area contributed by atoms with Crippen LogP contribution in [0, 0.1) is 0 Å². The number of aromatic nitrogens is 2. The van der Waals surface area contributed by atoms with Crippen molar-refractivity contribution >= 4 is 5.91 Å². The van der Waals surface area contributed by atoms with E-state index in [9.17, 15) is 4.79 Å². The minimum Gasteiger partial charge on any atom is -0.338 e. The van der Waals surface area contributed by atoms with Gasteiger partial charge in [-0.25, -0.2) is 0 Å². The molecule has 1 aromatic carbocycles. The van der Waals surface area contributed by atoms with E-state index in [0.29, 0.717) is 6.54 Å². The fraction of sp³-hybridized carbons (Fsp3) is 0.474. The summed E-state index contributed by atoms with van der Waals surface area (Å²) in [7, 11) is 1.93. The van der Waals surface area contributed by atoms with E-state index >= 15 is 0 Å². The number of nitrogens with zero attached hydrogens (tertiary/aromatic N) is 3. The molecule has 1 amide bonds. The van der Waals surface area contributed by atoms with Crippen molar-refractivity contribution in [3.8, 4) is 0 Å². The van der Waals surface area contributed by atoms with Gasteiger partial charge < -0.3 is 10.2 Å². The zero-order chi connectivity index (χ0) is 16.9. The Balaban J connectivity index is 1.55. The maximum atomic E-state index is 12.6. The third-order valence-corrected chi connectivity index (χ3v) is 4.82. The van der Waals surface area contributed by atoms with E-state index in [4.69, 9.17) is 0 Å². The van der Waals surface area contributed by atoms with Gasteiger partial charge in [0, 0.05) is 25.5 Å². The highest BCUT2D eigenvalue weighted by molar-refractivity contribution is 5.78. The summed E-state index contributed by atoms with van der Waals surface area (Å²) in [5, 5.41) is 7.51. The molecule has 128 valence electrons. The molecule has 0 saturated carbocycles. The number of hydrogen-bond acceptors (Lipinski definition) is 3. The zero-order valence-corrected chi connectivity index (χ0v) is 14.5. The van der Waals surface area contributed by atoms with E-state index in [1.165, 1.54) is 11.1 Å². The largest absolute Gasteiger partial charge is 0.338 e. The summed E-state index contributed by atoms with van der Waals surface area (Å²) in [6, 6.07) is 10.8. The van der Waals surface area contributed by atoms with Crippen LogP contribution in [0.2, 0.25) is 0 Å². The standard InChI is InChI=1S/C19H26N4O/c1-15(14-23-12-6-11-21-23)20-13-19(24)22(2)18-10-5-8-16-7-3-4-9-17(16)18/h3-4,6-7,9,11-12,15,18,20H,5,8,10,13-14H2,1-2H3. The Hall–Kier alpha value is -2.14. The molecule has 0 bridgehead atoms. The lowest BCUT2D eigenvalue weighted by atomic mass is 9.87. The van der Waals surface area contributed by atoms with Crippen LogP contribution in [0.4, 0.5) is 0 Å². The van der Waals surface area contributed by atoms with Gasteiger partial charge in [-0.05, 0) is 43.4 Å². The number of carbonyl (C=O) groups is 1. The van der Waals surface area contributed by atoms with Crippen molar-refractivity contribution in [2.45, 2.75) is 44.8 Å². The number of hydrogen-bond donors (Lipinski definition) is 1. The molecule has 2 atom stereocenters. The Morgan fingerprint density at radius 3 is 3.04 bits per heavy atom. The molecule has 0 radical (unpaired) electrons. The predicted octanol–water partition coefficient (Wildman–Crippen LogP) is 2.40. The van der Waals surface area contributed by atoms with Crippen molar-refractivity contribution in [3.05, 3.63) is 53.9 Å². The third-order valence-electron chi connectivity index (χ3n) is 4.82. The number of amides is 1. The summed E-state index contributed by atoms with van der Waals surface area (Å²) in [5.74, 6) is 0.143. The van der Waals surface area contributed by atoms with E-state index in [2.05, 4.69) is 41.6 Å². The highest BCUT2D eigenvalue weighted by Gasteiger charge is 2.26. The smallest absolute Gasteiger partial charge is 0.236 e. The number of likely N-dealkylation sites (N-methyl/N-ethyl adjacent to an activating group) is 1. The molecule has 1 aliphatic rings. The molecule has 1 aromatic heterocycles. The maximum absolute atomic E-state index is 12.6. The van der Waals surface area contributed by atoms with Crippen LogP contribution < -0.4 is 5.32 Å². The van der Waals surface area contributed by atoms with E-state index in [1.807, 2.05) is 28.9 Å². The average molecular weight is 326 g/mol. The fourth-order valence-electron chi connectivity index (χ4n) is 3.44. The van der Waals surface area contributed by atoms with Gasteiger partial charge in [0.1, 0.15) is 0 Å². The summed E-state index contributed by atoms with van der Waals surface area (Å²) >= 11 is 0. The highest BCUT2D eigenvalue weighted by atomic mass is 16.2. The van der Waals surface area contributed by atoms with E-state index < -0.39 is 0 Å². The number of rotatable bonds is 6. The summed E-state index contributed by atoms with van der Waals surface area (Å²) in [6.45, 7) is 3.19. The number of benzene rings is 1. The second kappa shape index (κ2) is 7.62. The molecular weight excluding hydrogens is 300 g/mol. The maximum Gasteiger partial charge on any atom is 0.236 e. The lowest BCUT2D eigenvalue weighted by molar-refractivity contribution is -0.131. The molecule has 2 aromatic rings. The molecule has 24 heavy (non-hydrogen) atoms. The quantitative estimate of drug-likeness (QED) is 0.887. The van der Waals surface area contributed by atoms with Gasteiger partial charge in [-0.2, -0.15) is 5.10 Å². The molecule has 0 fully saturated rings. The van der Waals surface area contributed by atoms with Gasteiger partial charge in [0.15, 0.2) is 0 Å². The SMILES string of the molecule is CC(Cn1cccn1)NCC(=O)N(C)C1CCCc2ccccc21. The van der Waals surface area contributed by atoms with Gasteiger partial charge in [-0.15, -0.1) is 0 Å². The molecular formula is C19H26N4O. The number of aryl methyl sites for hydroxylation is 1. The summed E-state index contributed by atoms with van der Waals surface area (Å²) in [6.07, 6.45) is 7.01. The summed E-state index contributed by atoms with van der Waals surface area (Å²) in [5.41, 5.74) is 2.69. The van der Waals surface area contributed by atoms with Crippen molar-refractivity contribution < 1.29 is 4.79 Å². The van der Waals surface area contributed by atoms with Gasteiger partial charge >= 0.3 is 0 Å². The first-order valence-corrected chi connectivity index (χ1v) is 8.69. The van der Waals surface area contributed by atoms with Crippen LogP contribution in [0.3, 0.4) is 0 Å². The second-order valence-electron chi connectivity index (χ2n) is 6.62.